The number of H-pyrrole nitrogens is 1. The molecule has 1 aliphatic rings. The molecule has 0 unspecified atom stereocenters. The summed E-state index contributed by atoms with van der Waals surface area (Å²) in [6.45, 7) is 1.61. The number of hydrogen-bond acceptors (Lipinski definition) is 12. The number of hydrogen-bond donors (Lipinski definition) is 13. The number of aliphatic imine (C=N–C) groups is 1. The van der Waals surface area contributed by atoms with E-state index in [4.69, 9.17) is 28.7 Å². The third-order valence-corrected chi connectivity index (χ3v) is 10.9. The number of rotatable bonds is 28. The van der Waals surface area contributed by atoms with E-state index in [0.29, 0.717) is 63.6 Å². The molecule has 2 aromatic rings. The van der Waals surface area contributed by atoms with E-state index in [0.717, 1.165) is 10.9 Å². The van der Waals surface area contributed by atoms with Gasteiger partial charge in [-0.15, -0.1) is 0 Å². The topological polar surface area (TPSA) is 390 Å². The van der Waals surface area contributed by atoms with E-state index >= 15 is 0 Å². The van der Waals surface area contributed by atoms with Crippen molar-refractivity contribution in [2.24, 2.45) is 33.7 Å². The van der Waals surface area contributed by atoms with Crippen LogP contribution in [0.4, 0.5) is 0 Å². The molecule has 65 heavy (non-hydrogen) atoms. The highest BCUT2D eigenvalue weighted by atomic mass is 16.4. The molecule has 0 aliphatic carbocycles. The van der Waals surface area contributed by atoms with Crippen molar-refractivity contribution in [1.29, 1.82) is 0 Å². The maximum absolute atomic E-state index is 14.2. The molecule has 1 aliphatic heterocycles. The summed E-state index contributed by atoms with van der Waals surface area (Å²) in [6, 6.07) is 0.456. The molecule has 0 saturated carbocycles. The number of carboxylic acid groups (broad SMARTS) is 1. The first-order valence-electron chi connectivity index (χ1n) is 22.1. The van der Waals surface area contributed by atoms with Crippen LogP contribution in [-0.4, -0.2) is 144 Å². The zero-order valence-corrected chi connectivity index (χ0v) is 37.1. The first-order valence-corrected chi connectivity index (χ1v) is 22.1. The minimum Gasteiger partial charge on any atom is -0.480 e. The molecule has 2 heterocycles. The zero-order chi connectivity index (χ0) is 47.9. The number of piperidine rings is 1. The maximum Gasteiger partial charge on any atom is 0.326 e. The van der Waals surface area contributed by atoms with Crippen LogP contribution in [0.25, 0.3) is 10.9 Å². The van der Waals surface area contributed by atoms with Gasteiger partial charge in [0.1, 0.15) is 36.3 Å². The van der Waals surface area contributed by atoms with Gasteiger partial charge >= 0.3 is 5.97 Å². The van der Waals surface area contributed by atoms with Crippen LogP contribution in [0.15, 0.2) is 35.5 Å². The molecule has 3 rings (SSSR count). The summed E-state index contributed by atoms with van der Waals surface area (Å²) in [6.07, 6.45) is 5.84. The fourth-order valence-corrected chi connectivity index (χ4v) is 7.37. The van der Waals surface area contributed by atoms with Gasteiger partial charge in [-0.3, -0.25) is 38.6 Å². The summed E-state index contributed by atoms with van der Waals surface area (Å²) in [5, 5.41) is 26.2. The Bertz CT molecular complexity index is 1960. The number of fused-ring (bicyclic) bond motifs is 1. The third-order valence-electron chi connectivity index (χ3n) is 10.9. The van der Waals surface area contributed by atoms with E-state index < -0.39 is 90.1 Å². The summed E-state index contributed by atoms with van der Waals surface area (Å²) in [5.41, 5.74) is 28.9. The summed E-state index contributed by atoms with van der Waals surface area (Å²) in [4.78, 5) is 114. The molecule has 360 valence electrons. The van der Waals surface area contributed by atoms with Crippen LogP contribution in [0.1, 0.15) is 83.1 Å². The number of likely N-dealkylation sites (tertiary alicyclic amines) is 1. The smallest absolute Gasteiger partial charge is 0.326 e. The number of nitrogens with one attached hydrogen (secondary N) is 7. The number of nitrogens with zero attached hydrogens (tertiary/aromatic N) is 2. The second-order valence-corrected chi connectivity index (χ2v) is 16.0. The van der Waals surface area contributed by atoms with E-state index in [1.54, 1.807) is 6.20 Å². The van der Waals surface area contributed by atoms with Gasteiger partial charge in [0.25, 0.3) is 0 Å². The number of aromatic amines is 1. The Balaban J connectivity index is 1.79. The SMILES string of the molecule is C[C@H](NC(=O)[C@H](Cc1c[nH]c2ccccc12)NC(=O)[C@H](CCCCN)NC(=O)[C@@H]1CCCCN1C(=O)CNC(=O)[C@H](CCCN=C(N)N)NC(=O)CN)C(=O)N[C@@H](CCCCN)C(=O)O. The molecule has 0 bridgehead atoms. The lowest BCUT2D eigenvalue weighted by Gasteiger charge is -2.36. The van der Waals surface area contributed by atoms with Gasteiger partial charge in [-0.25, -0.2) is 4.79 Å². The number of carboxylic acids is 1. The van der Waals surface area contributed by atoms with Crippen molar-refractivity contribution >= 4 is 64.2 Å². The number of aromatic nitrogens is 1. The van der Waals surface area contributed by atoms with Crippen LogP contribution in [-0.2, 0) is 44.8 Å². The van der Waals surface area contributed by atoms with Crippen LogP contribution in [0.3, 0.4) is 0 Å². The van der Waals surface area contributed by atoms with Gasteiger partial charge in [0.2, 0.25) is 41.4 Å². The summed E-state index contributed by atoms with van der Waals surface area (Å²) >= 11 is 0. The highest BCUT2D eigenvalue weighted by molar-refractivity contribution is 5.97. The van der Waals surface area contributed by atoms with Gasteiger partial charge in [0, 0.05) is 36.6 Å². The Labute approximate surface area is 377 Å². The average Bonchev–Trinajstić information content (AvgIpc) is 3.70. The highest BCUT2D eigenvalue weighted by Gasteiger charge is 2.36. The number of aliphatic carboxylic acids is 1. The number of benzene rings is 1. The van der Waals surface area contributed by atoms with Gasteiger partial charge in [-0.2, -0.15) is 0 Å². The van der Waals surface area contributed by atoms with E-state index in [2.05, 4.69) is 41.9 Å². The van der Waals surface area contributed by atoms with Crippen molar-refractivity contribution in [3.05, 3.63) is 36.0 Å². The number of carbonyl (C=O) groups excluding carboxylic acids is 7. The molecule has 7 amide bonds. The molecule has 1 aromatic carbocycles. The number of unbranched alkanes of at least 4 members (excludes halogenated alkanes) is 2. The van der Waals surface area contributed by atoms with Crippen LogP contribution >= 0.6 is 0 Å². The first kappa shape index (κ1) is 53.0. The molecule has 1 fully saturated rings. The van der Waals surface area contributed by atoms with Gasteiger partial charge in [-0.1, -0.05) is 18.2 Å². The van der Waals surface area contributed by atoms with Crippen molar-refractivity contribution in [2.45, 2.75) is 120 Å². The highest BCUT2D eigenvalue weighted by Crippen LogP contribution is 2.21. The number of para-hydroxylation sites is 1. The molecule has 18 N–H and O–H groups in total. The van der Waals surface area contributed by atoms with Crippen LogP contribution in [0.2, 0.25) is 0 Å². The number of amides is 7. The predicted octanol–water partition coefficient (Wildman–Crippen LogP) is -2.99. The zero-order valence-electron chi connectivity index (χ0n) is 37.1. The second-order valence-electron chi connectivity index (χ2n) is 16.0. The monoisotopic (exact) mass is 913 g/mol. The van der Waals surface area contributed by atoms with Crippen LogP contribution in [0, 0.1) is 0 Å². The third kappa shape index (κ3) is 17.6. The molecule has 1 aromatic heterocycles. The lowest BCUT2D eigenvalue weighted by atomic mass is 9.99. The van der Waals surface area contributed by atoms with Crippen molar-refractivity contribution in [2.75, 3.05) is 39.3 Å². The standard InChI is InChI=1S/C42H68N14O9/c1-25(36(59)54-31(41(64)65)14-5-8-18-44)51-39(62)32(21-26-23-49-28-12-3-2-11-27(26)28)55-38(61)30(13-4-7-17-43)53-40(63)33-16-6-9-20-56(33)35(58)24-50-37(60)29(52-34(57)22-45)15-10-19-48-42(46)47/h2-3,11-12,23,25,29-33,49H,4-10,13-22,24,43-45H2,1H3,(H,50,60)(H,51,62)(H,52,57)(H,53,63)(H,54,59)(H,55,61)(H,64,65)(H4,46,47,48)/t25-,29-,30-,31-,32-,33-/m0/s1. The van der Waals surface area contributed by atoms with E-state index in [9.17, 15) is 43.5 Å². The van der Waals surface area contributed by atoms with Gasteiger partial charge in [-0.05, 0) is 102 Å². The second kappa shape index (κ2) is 27.8. The largest absolute Gasteiger partial charge is 0.480 e. The van der Waals surface area contributed by atoms with Gasteiger partial charge in [0.05, 0.1) is 13.1 Å². The maximum atomic E-state index is 14.2. The van der Waals surface area contributed by atoms with Gasteiger partial charge in [0.15, 0.2) is 5.96 Å². The molecular weight excluding hydrogens is 845 g/mol. The van der Waals surface area contributed by atoms with Crippen LogP contribution < -0.4 is 60.6 Å². The Morgan fingerprint density at radius 1 is 0.769 bits per heavy atom. The normalized spacial score (nSPS) is 15.9. The Hall–Kier alpha value is -6.33. The first-order chi connectivity index (χ1) is 31.1. The minimum absolute atomic E-state index is 0.0279. The van der Waals surface area contributed by atoms with Crippen LogP contribution in [0.5, 0.6) is 0 Å². The number of carbonyl (C=O) groups is 8. The van der Waals surface area contributed by atoms with Crippen molar-refractivity contribution in [3.63, 3.8) is 0 Å². The van der Waals surface area contributed by atoms with E-state index in [-0.39, 0.29) is 57.7 Å². The summed E-state index contributed by atoms with van der Waals surface area (Å²) in [7, 11) is 0. The molecule has 23 nitrogen and oxygen atoms in total. The predicted molar refractivity (Wildman–Crippen MR) is 242 cm³/mol. The lowest BCUT2D eigenvalue weighted by Crippen LogP contribution is -2.60. The Morgan fingerprint density at radius 2 is 1.40 bits per heavy atom. The van der Waals surface area contributed by atoms with Crippen molar-refractivity contribution < 1.29 is 43.5 Å². The lowest BCUT2D eigenvalue weighted by molar-refractivity contribution is -0.143. The average molecular weight is 913 g/mol. The quantitative estimate of drug-likeness (QED) is 0.0230. The molecule has 23 heteroatoms. The van der Waals surface area contributed by atoms with Gasteiger partial charge < -0.3 is 75.6 Å². The fraction of sp³-hybridized carbons (Fsp3) is 0.595. The minimum atomic E-state index is -1.27. The fourth-order valence-electron chi connectivity index (χ4n) is 7.37. The molecule has 0 spiro atoms. The Kier molecular flexibility index (Phi) is 22.6. The van der Waals surface area contributed by atoms with E-state index in [1.807, 2.05) is 24.3 Å². The number of nitrogens with two attached hydrogens (primary N) is 5. The molecule has 1 saturated heterocycles. The van der Waals surface area contributed by atoms with Crippen molar-refractivity contribution in [1.82, 2.24) is 41.8 Å². The molecule has 6 atom stereocenters. The molecule has 0 radical (unpaired) electrons. The van der Waals surface area contributed by atoms with Crippen molar-refractivity contribution in [3.8, 4) is 0 Å². The number of guanidine groups is 1. The molecular formula is C42H68N14O9. The summed E-state index contributed by atoms with van der Waals surface area (Å²) < 4.78 is 0. The van der Waals surface area contributed by atoms with E-state index in [1.165, 1.54) is 11.8 Å². The Morgan fingerprint density at radius 3 is 2.06 bits per heavy atom. The summed E-state index contributed by atoms with van der Waals surface area (Å²) in [5.74, 6) is -5.97.